The molecule has 5 rings (SSSR count). The van der Waals surface area contributed by atoms with Crippen molar-refractivity contribution in [1.82, 2.24) is 14.7 Å². The summed E-state index contributed by atoms with van der Waals surface area (Å²) in [5.74, 6) is -1.12. The van der Waals surface area contributed by atoms with Crippen LogP contribution < -0.4 is 4.90 Å². The van der Waals surface area contributed by atoms with Gasteiger partial charge in [-0.1, -0.05) is 66.2 Å². The van der Waals surface area contributed by atoms with E-state index >= 15 is 0 Å². The van der Waals surface area contributed by atoms with E-state index in [2.05, 4.69) is 0 Å². The summed E-state index contributed by atoms with van der Waals surface area (Å²) >= 11 is 6.36. The third-order valence-corrected chi connectivity index (χ3v) is 7.93. The van der Waals surface area contributed by atoms with Crippen LogP contribution >= 0.6 is 11.6 Å². The molecule has 0 aromatic heterocycles. The van der Waals surface area contributed by atoms with Gasteiger partial charge in [-0.3, -0.25) is 4.90 Å². The first-order valence-corrected chi connectivity index (χ1v) is 13.5. The maximum atomic E-state index is 14.1. The van der Waals surface area contributed by atoms with Crippen molar-refractivity contribution in [2.75, 3.05) is 18.0 Å². The summed E-state index contributed by atoms with van der Waals surface area (Å²) in [6.07, 6.45) is 1.14. The third kappa shape index (κ3) is 5.16. The Hall–Kier alpha value is -4.04. The van der Waals surface area contributed by atoms with Crippen LogP contribution in [0.3, 0.4) is 0 Å². The molecule has 2 fully saturated rings. The summed E-state index contributed by atoms with van der Waals surface area (Å²) in [6.45, 7) is 2.79. The maximum absolute atomic E-state index is 14.1. The summed E-state index contributed by atoms with van der Waals surface area (Å²) in [6, 6.07) is 23.0. The smallest absolute Gasteiger partial charge is 0.329 e. The zero-order valence-corrected chi connectivity index (χ0v) is 22.4. The molecule has 4 amide bonds. The van der Waals surface area contributed by atoms with Gasteiger partial charge in [0.15, 0.2) is 6.04 Å². The average molecular weight is 547 g/mol. The molecule has 2 bridgehead atoms. The number of piperazine rings is 1. The van der Waals surface area contributed by atoms with Gasteiger partial charge in [0.25, 0.3) is 0 Å². The molecule has 2 aliphatic heterocycles. The van der Waals surface area contributed by atoms with E-state index < -0.39 is 24.1 Å². The predicted octanol–water partition coefficient (Wildman–Crippen LogP) is 5.84. The summed E-state index contributed by atoms with van der Waals surface area (Å²) in [7, 11) is 0. The molecular formula is C30H31ClN4O4. The number of aliphatic carboxylic acids is 1. The largest absolute Gasteiger partial charge is 0.480 e. The van der Waals surface area contributed by atoms with E-state index in [4.69, 9.17) is 11.6 Å². The van der Waals surface area contributed by atoms with Crippen molar-refractivity contribution >= 4 is 41.0 Å². The molecule has 3 aromatic carbocycles. The highest BCUT2D eigenvalue weighted by molar-refractivity contribution is 6.31. The zero-order valence-electron chi connectivity index (χ0n) is 21.7. The highest BCUT2D eigenvalue weighted by Crippen LogP contribution is 2.38. The third-order valence-electron chi connectivity index (χ3n) is 7.56. The minimum atomic E-state index is -1.17. The summed E-state index contributed by atoms with van der Waals surface area (Å²) in [4.78, 5) is 47.0. The van der Waals surface area contributed by atoms with Crippen molar-refractivity contribution in [3.63, 3.8) is 0 Å². The first-order valence-electron chi connectivity index (χ1n) is 13.1. The van der Waals surface area contributed by atoms with Crippen molar-refractivity contribution in [2.45, 2.75) is 44.4 Å². The number of urea groups is 2. The van der Waals surface area contributed by atoms with Crippen LogP contribution in [0, 0.1) is 0 Å². The molecule has 3 aromatic rings. The number of likely N-dealkylation sites (tertiary alicyclic amines) is 1. The SMILES string of the molecule is CCN(Cc1ccccc1Cl)C(=O)N1[C@H]2CC[C@@H]1[C@@H](C(=O)O)N(C(=O)N(c1ccccc1)c1ccccc1)C2. The lowest BCUT2D eigenvalue weighted by Gasteiger charge is -2.47. The van der Waals surface area contributed by atoms with Crippen LogP contribution in [0.15, 0.2) is 84.9 Å². The van der Waals surface area contributed by atoms with Gasteiger partial charge in [0.1, 0.15) is 0 Å². The normalized spacial score (nSPS) is 20.0. The molecule has 0 saturated carbocycles. The maximum Gasteiger partial charge on any atom is 0.329 e. The number of rotatable bonds is 6. The van der Waals surface area contributed by atoms with Gasteiger partial charge in [0.2, 0.25) is 0 Å². The number of amides is 4. The fourth-order valence-corrected chi connectivity index (χ4v) is 5.90. The number of hydrogen-bond donors (Lipinski definition) is 1. The Bertz CT molecular complexity index is 1300. The monoisotopic (exact) mass is 546 g/mol. The van der Waals surface area contributed by atoms with Gasteiger partial charge < -0.3 is 19.8 Å². The number of hydrogen-bond acceptors (Lipinski definition) is 3. The van der Waals surface area contributed by atoms with E-state index in [1.807, 2.05) is 85.8 Å². The number of para-hydroxylation sites is 2. The molecule has 2 saturated heterocycles. The van der Waals surface area contributed by atoms with Crippen molar-refractivity contribution in [3.8, 4) is 0 Å². The van der Waals surface area contributed by atoms with E-state index in [1.165, 1.54) is 4.90 Å². The molecule has 9 heteroatoms. The van der Waals surface area contributed by atoms with Gasteiger partial charge >= 0.3 is 18.0 Å². The van der Waals surface area contributed by atoms with Crippen molar-refractivity contribution < 1.29 is 19.5 Å². The number of carbonyl (C=O) groups excluding carboxylic acids is 2. The molecule has 8 nitrogen and oxygen atoms in total. The van der Waals surface area contributed by atoms with Crippen LogP contribution in [-0.4, -0.2) is 69.1 Å². The Morgan fingerprint density at radius 1 is 0.872 bits per heavy atom. The second-order valence-corrected chi connectivity index (χ2v) is 10.2. The minimum absolute atomic E-state index is 0.137. The number of halogens is 1. The van der Waals surface area contributed by atoms with Crippen LogP contribution in [0.4, 0.5) is 21.0 Å². The van der Waals surface area contributed by atoms with E-state index in [-0.39, 0.29) is 18.6 Å². The zero-order chi connectivity index (χ0) is 27.5. The lowest BCUT2D eigenvalue weighted by atomic mass is 10.0. The van der Waals surface area contributed by atoms with Crippen LogP contribution in [0.25, 0.3) is 0 Å². The van der Waals surface area contributed by atoms with E-state index in [0.717, 1.165) is 5.56 Å². The van der Waals surface area contributed by atoms with Crippen LogP contribution in [0.1, 0.15) is 25.3 Å². The Morgan fingerprint density at radius 2 is 1.46 bits per heavy atom. The highest BCUT2D eigenvalue weighted by Gasteiger charge is 2.54. The molecule has 3 atom stereocenters. The lowest BCUT2D eigenvalue weighted by molar-refractivity contribution is -0.145. The second kappa shape index (κ2) is 11.4. The number of nitrogens with zero attached hydrogens (tertiary/aromatic N) is 4. The van der Waals surface area contributed by atoms with Crippen molar-refractivity contribution in [3.05, 3.63) is 95.5 Å². The fraction of sp³-hybridized carbons (Fsp3) is 0.300. The predicted molar refractivity (Wildman–Crippen MR) is 150 cm³/mol. The van der Waals surface area contributed by atoms with E-state index in [9.17, 15) is 19.5 Å². The molecule has 2 heterocycles. The topological polar surface area (TPSA) is 84.4 Å². The quantitative estimate of drug-likeness (QED) is 0.421. The molecular weight excluding hydrogens is 516 g/mol. The minimum Gasteiger partial charge on any atom is -0.480 e. The molecule has 0 aliphatic carbocycles. The van der Waals surface area contributed by atoms with Crippen molar-refractivity contribution in [1.29, 1.82) is 0 Å². The number of carboxylic acid groups (broad SMARTS) is 1. The molecule has 0 spiro atoms. The number of benzene rings is 3. The van der Waals surface area contributed by atoms with Gasteiger partial charge in [-0.15, -0.1) is 0 Å². The molecule has 1 N–H and O–H groups in total. The van der Waals surface area contributed by atoms with Gasteiger partial charge in [-0.2, -0.15) is 0 Å². The van der Waals surface area contributed by atoms with Gasteiger partial charge in [-0.05, 0) is 55.7 Å². The molecule has 0 radical (unpaired) electrons. The van der Waals surface area contributed by atoms with Gasteiger partial charge in [-0.25, -0.2) is 14.4 Å². The Morgan fingerprint density at radius 3 is 2.03 bits per heavy atom. The van der Waals surface area contributed by atoms with E-state index in [1.54, 1.807) is 20.8 Å². The summed E-state index contributed by atoms with van der Waals surface area (Å²) in [5.41, 5.74) is 2.10. The first-order chi connectivity index (χ1) is 18.9. The molecule has 202 valence electrons. The molecule has 2 aliphatic rings. The number of carbonyl (C=O) groups is 3. The fourth-order valence-electron chi connectivity index (χ4n) is 5.71. The van der Waals surface area contributed by atoms with E-state index in [0.29, 0.717) is 42.3 Å². The first kappa shape index (κ1) is 26.6. The lowest BCUT2D eigenvalue weighted by Crippen LogP contribution is -2.67. The second-order valence-electron chi connectivity index (χ2n) is 9.82. The average Bonchev–Trinajstić information content (AvgIpc) is 3.25. The highest BCUT2D eigenvalue weighted by atomic mass is 35.5. The summed E-state index contributed by atoms with van der Waals surface area (Å²) < 4.78 is 0. The molecule has 39 heavy (non-hydrogen) atoms. The molecule has 0 unspecified atom stereocenters. The van der Waals surface area contributed by atoms with Gasteiger partial charge in [0, 0.05) is 24.7 Å². The number of carboxylic acids is 1. The van der Waals surface area contributed by atoms with Crippen LogP contribution in [0.2, 0.25) is 5.02 Å². The van der Waals surface area contributed by atoms with Crippen LogP contribution in [-0.2, 0) is 11.3 Å². The van der Waals surface area contributed by atoms with Gasteiger partial charge in [0.05, 0.1) is 23.5 Å². The Labute approximate surface area is 233 Å². The number of fused-ring (bicyclic) bond motifs is 2. The summed E-state index contributed by atoms with van der Waals surface area (Å²) in [5, 5.41) is 11.0. The standard InChI is InChI=1S/C30H31ClN4O4/c1-2-32(19-21-11-9-10-16-25(21)31)29(38)35-24-17-18-26(35)27(28(36)37)33(20-24)30(39)34(22-12-5-3-6-13-22)23-14-7-4-8-15-23/h3-16,24,26-27H,2,17-20H2,1H3,(H,36,37)/t24-,26+,27-/m0/s1. The van der Waals surface area contributed by atoms with Crippen LogP contribution in [0.5, 0.6) is 0 Å². The van der Waals surface area contributed by atoms with Crippen molar-refractivity contribution in [2.24, 2.45) is 0 Å². The Kier molecular flexibility index (Phi) is 7.74. The Balaban J connectivity index is 1.44. The number of anilines is 2.